The number of anilines is 1. The van der Waals surface area contributed by atoms with Crippen molar-refractivity contribution in [3.8, 4) is 0 Å². The number of rotatable bonds is 2. The van der Waals surface area contributed by atoms with E-state index in [0.717, 1.165) is 0 Å². The van der Waals surface area contributed by atoms with Gasteiger partial charge in [-0.2, -0.15) is 0 Å². The summed E-state index contributed by atoms with van der Waals surface area (Å²) in [6.45, 7) is 0.338. The number of aliphatic carboxylic acids is 1. The van der Waals surface area contributed by atoms with Crippen molar-refractivity contribution in [1.82, 2.24) is 0 Å². The number of para-hydroxylation sites is 1. The van der Waals surface area contributed by atoms with Crippen molar-refractivity contribution in [1.29, 1.82) is 0 Å². The molecule has 2 fully saturated rings. The molecule has 108 valence electrons. The van der Waals surface area contributed by atoms with E-state index in [1.165, 1.54) is 0 Å². The summed E-state index contributed by atoms with van der Waals surface area (Å²) < 4.78 is 5.84. The Morgan fingerprint density at radius 2 is 2.19 bits per heavy atom. The topological polar surface area (TPSA) is 66.8 Å². The molecule has 3 aliphatic rings. The Morgan fingerprint density at radius 1 is 1.43 bits per heavy atom. The molecule has 4 atom stereocenters. The van der Waals surface area contributed by atoms with Crippen molar-refractivity contribution in [3.63, 3.8) is 0 Å². The predicted molar refractivity (Wildman–Crippen MR) is 77.4 cm³/mol. The molecule has 0 radical (unpaired) electrons. The van der Waals surface area contributed by atoms with Crippen molar-refractivity contribution in [2.24, 2.45) is 11.8 Å². The van der Waals surface area contributed by atoms with Crippen LogP contribution in [0.3, 0.4) is 0 Å². The lowest BCUT2D eigenvalue weighted by atomic mass is 9.77. The average Bonchev–Trinajstić information content (AvgIpc) is 3.08. The predicted octanol–water partition coefficient (Wildman–Crippen LogP) is 1.35. The first-order valence-corrected chi connectivity index (χ1v) is 7.17. The fraction of sp³-hybridized carbons (Fsp3) is 0.333. The number of hydrogen-bond donors (Lipinski definition) is 2. The third-order valence-electron chi connectivity index (χ3n) is 4.56. The van der Waals surface area contributed by atoms with Crippen LogP contribution in [0.1, 0.15) is 0 Å². The normalized spacial score (nSPS) is 36.3. The van der Waals surface area contributed by atoms with Crippen LogP contribution in [0.2, 0.25) is 0 Å². The maximum atomic E-state index is 12.8. The fourth-order valence-electron chi connectivity index (χ4n) is 3.68. The van der Waals surface area contributed by atoms with E-state index in [2.05, 4.69) is 12.6 Å². The van der Waals surface area contributed by atoms with E-state index in [-0.39, 0.29) is 5.91 Å². The van der Waals surface area contributed by atoms with Gasteiger partial charge in [0.15, 0.2) is 0 Å². The van der Waals surface area contributed by atoms with E-state index in [0.29, 0.717) is 17.1 Å². The van der Waals surface area contributed by atoms with Gasteiger partial charge >= 0.3 is 5.97 Å². The first kappa shape index (κ1) is 12.9. The minimum absolute atomic E-state index is 0.198. The molecule has 3 heterocycles. The Hall–Kier alpha value is -1.79. The Bertz CT molecular complexity index is 688. The molecule has 4 rings (SSSR count). The standard InChI is InChI=1S/C15H13NO4S/c17-13-12-11(14(18)19)9-5-6-15(12,20-9)7-16(13)8-3-1-2-4-10(8)21/h1-6,9,11-12,21H,7H2,(H,18,19). The summed E-state index contributed by atoms with van der Waals surface area (Å²) in [7, 11) is 0. The lowest BCUT2D eigenvalue weighted by molar-refractivity contribution is -0.146. The van der Waals surface area contributed by atoms with Crippen LogP contribution in [0, 0.1) is 11.8 Å². The highest BCUT2D eigenvalue weighted by Crippen LogP contribution is 2.52. The van der Waals surface area contributed by atoms with Gasteiger partial charge in [-0.25, -0.2) is 0 Å². The summed E-state index contributed by atoms with van der Waals surface area (Å²) in [5, 5.41) is 9.41. The molecule has 2 bridgehead atoms. The highest BCUT2D eigenvalue weighted by Gasteiger charge is 2.67. The van der Waals surface area contributed by atoms with Crippen molar-refractivity contribution < 1.29 is 19.4 Å². The van der Waals surface area contributed by atoms with Gasteiger partial charge in [0.1, 0.15) is 11.5 Å². The SMILES string of the molecule is O=C(O)C1C2C=CC3(CN(c4ccccc4S)C(=O)C13)O2. The molecule has 0 saturated carbocycles. The number of benzene rings is 1. The second kappa shape index (κ2) is 4.11. The van der Waals surface area contributed by atoms with Crippen LogP contribution in [-0.4, -0.2) is 35.2 Å². The van der Waals surface area contributed by atoms with Gasteiger partial charge in [0, 0.05) is 4.90 Å². The Kier molecular flexibility index (Phi) is 2.53. The molecule has 3 aliphatic heterocycles. The molecule has 21 heavy (non-hydrogen) atoms. The number of ether oxygens (including phenoxy) is 1. The molecule has 0 aromatic heterocycles. The van der Waals surface area contributed by atoms with Crippen LogP contribution in [0.5, 0.6) is 0 Å². The average molecular weight is 303 g/mol. The molecule has 4 unspecified atom stereocenters. The highest BCUT2D eigenvalue weighted by atomic mass is 32.1. The molecule has 5 nitrogen and oxygen atoms in total. The van der Waals surface area contributed by atoms with Crippen molar-refractivity contribution in [2.45, 2.75) is 16.6 Å². The van der Waals surface area contributed by atoms with Crippen LogP contribution < -0.4 is 4.90 Å². The number of hydrogen-bond acceptors (Lipinski definition) is 4. The minimum Gasteiger partial charge on any atom is -0.481 e. The van der Waals surface area contributed by atoms with Gasteiger partial charge < -0.3 is 14.7 Å². The number of amides is 1. The molecule has 0 aliphatic carbocycles. The van der Waals surface area contributed by atoms with Gasteiger partial charge in [-0.1, -0.05) is 24.3 Å². The number of carbonyl (C=O) groups is 2. The van der Waals surface area contributed by atoms with E-state index in [4.69, 9.17) is 4.74 Å². The van der Waals surface area contributed by atoms with E-state index in [9.17, 15) is 14.7 Å². The second-order valence-electron chi connectivity index (χ2n) is 5.65. The fourth-order valence-corrected chi connectivity index (χ4v) is 3.96. The first-order chi connectivity index (χ1) is 10.0. The number of carbonyl (C=O) groups excluding carboxylic acids is 1. The summed E-state index contributed by atoms with van der Waals surface area (Å²) in [5.41, 5.74) is -0.111. The number of thiol groups is 1. The molecule has 6 heteroatoms. The van der Waals surface area contributed by atoms with Crippen molar-refractivity contribution in [3.05, 3.63) is 36.4 Å². The summed E-state index contributed by atoms with van der Waals surface area (Å²) in [6.07, 6.45) is 3.12. The Balaban J connectivity index is 1.78. The number of fused-ring (bicyclic) bond motifs is 1. The molecular weight excluding hydrogens is 290 g/mol. The Morgan fingerprint density at radius 3 is 2.90 bits per heavy atom. The lowest BCUT2D eigenvalue weighted by Gasteiger charge is -2.22. The van der Waals surface area contributed by atoms with Crippen molar-refractivity contribution >= 4 is 30.2 Å². The van der Waals surface area contributed by atoms with Gasteiger partial charge in [0.25, 0.3) is 0 Å². The van der Waals surface area contributed by atoms with E-state index in [1.807, 2.05) is 24.3 Å². The van der Waals surface area contributed by atoms with E-state index in [1.54, 1.807) is 17.0 Å². The smallest absolute Gasteiger partial charge is 0.310 e. The van der Waals surface area contributed by atoms with Crippen LogP contribution in [0.4, 0.5) is 5.69 Å². The zero-order valence-electron chi connectivity index (χ0n) is 11.0. The van der Waals surface area contributed by atoms with Crippen LogP contribution in [0.15, 0.2) is 41.3 Å². The third kappa shape index (κ3) is 1.57. The third-order valence-corrected chi connectivity index (χ3v) is 4.94. The van der Waals surface area contributed by atoms with Crippen LogP contribution in [0.25, 0.3) is 0 Å². The molecular formula is C15H13NO4S. The molecule has 1 aromatic carbocycles. The summed E-state index contributed by atoms with van der Waals surface area (Å²) in [6, 6.07) is 7.29. The molecule has 1 aromatic rings. The number of carboxylic acid groups (broad SMARTS) is 1. The quantitative estimate of drug-likeness (QED) is 0.639. The van der Waals surface area contributed by atoms with Gasteiger partial charge in [-0.15, -0.1) is 12.6 Å². The van der Waals surface area contributed by atoms with Crippen LogP contribution >= 0.6 is 12.6 Å². The summed E-state index contributed by atoms with van der Waals surface area (Å²) in [5.74, 6) is -2.64. The van der Waals surface area contributed by atoms with Gasteiger partial charge in [0.05, 0.1) is 24.3 Å². The molecule has 2 saturated heterocycles. The zero-order chi connectivity index (χ0) is 14.8. The summed E-state index contributed by atoms with van der Waals surface area (Å²) in [4.78, 5) is 26.5. The van der Waals surface area contributed by atoms with Crippen molar-refractivity contribution in [2.75, 3.05) is 11.4 Å². The monoisotopic (exact) mass is 303 g/mol. The largest absolute Gasteiger partial charge is 0.481 e. The van der Waals surface area contributed by atoms with Gasteiger partial charge in [0.2, 0.25) is 5.91 Å². The van der Waals surface area contributed by atoms with Gasteiger partial charge in [-0.3, -0.25) is 9.59 Å². The van der Waals surface area contributed by atoms with Crippen LogP contribution in [-0.2, 0) is 14.3 Å². The highest BCUT2D eigenvalue weighted by molar-refractivity contribution is 7.80. The number of nitrogens with zero attached hydrogens (tertiary/aromatic N) is 1. The maximum Gasteiger partial charge on any atom is 0.310 e. The van der Waals surface area contributed by atoms with Gasteiger partial charge in [-0.05, 0) is 12.1 Å². The summed E-state index contributed by atoms with van der Waals surface area (Å²) >= 11 is 4.38. The molecule has 1 N–H and O–H groups in total. The second-order valence-corrected chi connectivity index (χ2v) is 6.13. The Labute approximate surface area is 126 Å². The maximum absolute atomic E-state index is 12.8. The van der Waals surface area contributed by atoms with E-state index >= 15 is 0 Å². The minimum atomic E-state index is -0.981. The molecule has 1 amide bonds. The first-order valence-electron chi connectivity index (χ1n) is 6.73. The zero-order valence-corrected chi connectivity index (χ0v) is 11.9. The van der Waals surface area contributed by atoms with E-state index < -0.39 is 29.5 Å². The number of carboxylic acids is 1. The lowest BCUT2D eigenvalue weighted by Crippen LogP contribution is -2.39. The molecule has 1 spiro atoms.